The van der Waals surface area contributed by atoms with Crippen LogP contribution in [0.4, 0.5) is 10.1 Å². The molecule has 0 atom stereocenters. The summed E-state index contributed by atoms with van der Waals surface area (Å²) in [4.78, 5) is 15.9. The maximum Gasteiger partial charge on any atom is 0.259 e. The van der Waals surface area contributed by atoms with Gasteiger partial charge in [-0.2, -0.15) is 5.10 Å². The molecule has 6 nitrogen and oxygen atoms in total. The number of anilines is 1. The fourth-order valence-corrected chi connectivity index (χ4v) is 5.18. The molecule has 208 valence electrons. The molecule has 0 spiro atoms. The first-order valence-electron chi connectivity index (χ1n) is 13.6. The molecule has 8 heteroatoms. The molecule has 0 radical (unpaired) electrons. The monoisotopic (exact) mass is 560 g/mol. The molecule has 2 heterocycles. The van der Waals surface area contributed by atoms with Crippen molar-refractivity contribution in [1.29, 1.82) is 0 Å². The summed E-state index contributed by atoms with van der Waals surface area (Å²) in [6, 6.07) is 21.6. The number of amides is 1. The molecule has 0 saturated carbocycles. The highest BCUT2D eigenvalue weighted by atomic mass is 35.5. The van der Waals surface area contributed by atoms with E-state index in [0.29, 0.717) is 28.5 Å². The second kappa shape index (κ2) is 11.8. The van der Waals surface area contributed by atoms with Crippen LogP contribution < -0.4 is 10.1 Å². The average Bonchev–Trinajstić information content (AvgIpc) is 3.39. The number of nitrogens with one attached hydrogen (secondary N) is 1. The fourth-order valence-electron chi connectivity index (χ4n) is 5.00. The van der Waals surface area contributed by atoms with Crippen LogP contribution in [0.5, 0.6) is 5.75 Å². The van der Waals surface area contributed by atoms with Crippen molar-refractivity contribution in [1.82, 2.24) is 14.7 Å². The summed E-state index contributed by atoms with van der Waals surface area (Å²) in [5.74, 6) is 0.281. The summed E-state index contributed by atoms with van der Waals surface area (Å²) in [6.07, 6.45) is 3.64. The van der Waals surface area contributed by atoms with Crippen molar-refractivity contribution in [3.05, 3.63) is 101 Å². The molecule has 0 bridgehead atoms. The van der Waals surface area contributed by atoms with E-state index < -0.39 is 0 Å². The van der Waals surface area contributed by atoms with Crippen LogP contribution in [0, 0.1) is 5.82 Å². The number of likely N-dealkylation sites (tertiary alicyclic amines) is 1. The van der Waals surface area contributed by atoms with Gasteiger partial charge in [0.15, 0.2) is 0 Å². The minimum Gasteiger partial charge on any atom is -0.490 e. The quantitative estimate of drug-likeness (QED) is 0.256. The van der Waals surface area contributed by atoms with E-state index in [1.165, 1.54) is 12.1 Å². The average molecular weight is 561 g/mol. The summed E-state index contributed by atoms with van der Waals surface area (Å²) in [5, 5.41) is 8.20. The summed E-state index contributed by atoms with van der Waals surface area (Å²) in [6.45, 7) is 8.52. The first-order valence-corrected chi connectivity index (χ1v) is 13.9. The van der Waals surface area contributed by atoms with E-state index in [1.54, 1.807) is 29.1 Å². The van der Waals surface area contributed by atoms with E-state index in [1.807, 2.05) is 63.2 Å². The molecule has 0 unspecified atom stereocenters. The molecule has 0 aliphatic carbocycles. The molecule has 40 heavy (non-hydrogen) atoms. The van der Waals surface area contributed by atoms with Gasteiger partial charge in [0.2, 0.25) is 0 Å². The van der Waals surface area contributed by atoms with Crippen molar-refractivity contribution in [3.63, 3.8) is 0 Å². The SMILES string of the molecule is CC(C)(C)n1ncc(C(=O)Nc2ccc(Cl)c(CN3CCC(Oc4ccccc4)CC3)c2)c1-c1ccc(F)cc1. The Bertz CT molecular complexity index is 1460. The largest absolute Gasteiger partial charge is 0.490 e. The Labute approximate surface area is 239 Å². The standard InChI is InChI=1S/C32H34ClFN4O2/c1-32(2,3)38-30(22-9-11-24(34)12-10-22)28(20-35-38)31(39)36-25-13-14-29(33)23(19-25)21-37-17-15-27(16-18-37)40-26-7-5-4-6-8-26/h4-14,19-20,27H,15-18,21H2,1-3H3,(H,36,39). The molecular formula is C32H34ClFN4O2. The van der Waals surface area contributed by atoms with Crippen molar-refractivity contribution >= 4 is 23.2 Å². The van der Waals surface area contributed by atoms with Gasteiger partial charge in [-0.1, -0.05) is 29.8 Å². The van der Waals surface area contributed by atoms with Crippen LogP contribution >= 0.6 is 11.6 Å². The molecule has 5 rings (SSSR count). The van der Waals surface area contributed by atoms with Crippen LogP contribution in [0.1, 0.15) is 49.5 Å². The van der Waals surface area contributed by atoms with Crippen LogP contribution in [0.2, 0.25) is 5.02 Å². The molecule has 1 amide bonds. The molecule has 1 saturated heterocycles. The molecule has 1 aromatic heterocycles. The second-order valence-electron chi connectivity index (χ2n) is 11.2. The van der Waals surface area contributed by atoms with Gasteiger partial charge in [-0.05, 0) is 93.8 Å². The van der Waals surface area contributed by atoms with Crippen molar-refractivity contribution in [2.24, 2.45) is 0 Å². The number of nitrogens with zero attached hydrogens (tertiary/aromatic N) is 3. The van der Waals surface area contributed by atoms with Gasteiger partial charge in [-0.3, -0.25) is 14.4 Å². The number of rotatable bonds is 7. The first kappa shape index (κ1) is 27.9. The lowest BCUT2D eigenvalue weighted by molar-refractivity contribution is 0.0968. The number of hydrogen-bond donors (Lipinski definition) is 1. The molecular weight excluding hydrogens is 527 g/mol. The van der Waals surface area contributed by atoms with E-state index >= 15 is 0 Å². The lowest BCUT2D eigenvalue weighted by atomic mass is 10.0. The summed E-state index contributed by atoms with van der Waals surface area (Å²) in [7, 11) is 0. The third kappa shape index (κ3) is 6.54. The van der Waals surface area contributed by atoms with Crippen LogP contribution in [-0.2, 0) is 12.1 Å². The molecule has 1 fully saturated rings. The maximum absolute atomic E-state index is 13.6. The molecule has 3 aromatic carbocycles. The Hall–Kier alpha value is -3.68. The van der Waals surface area contributed by atoms with E-state index in [4.69, 9.17) is 16.3 Å². The summed E-state index contributed by atoms with van der Waals surface area (Å²) < 4.78 is 21.6. The number of para-hydroxylation sites is 1. The third-order valence-corrected chi connectivity index (χ3v) is 7.41. The minimum absolute atomic E-state index is 0.198. The van der Waals surface area contributed by atoms with Gasteiger partial charge in [-0.25, -0.2) is 4.39 Å². The highest BCUT2D eigenvalue weighted by Crippen LogP contribution is 2.31. The van der Waals surface area contributed by atoms with Gasteiger partial charge in [-0.15, -0.1) is 0 Å². The number of hydrogen-bond acceptors (Lipinski definition) is 4. The smallest absolute Gasteiger partial charge is 0.259 e. The number of aromatic nitrogens is 2. The number of carbonyl (C=O) groups is 1. The van der Waals surface area contributed by atoms with Gasteiger partial charge in [0.05, 0.1) is 23.0 Å². The Kier molecular flexibility index (Phi) is 8.24. The zero-order chi connectivity index (χ0) is 28.3. The van der Waals surface area contributed by atoms with Crippen LogP contribution in [0.25, 0.3) is 11.3 Å². The van der Waals surface area contributed by atoms with Crippen molar-refractivity contribution in [2.75, 3.05) is 18.4 Å². The molecule has 1 aliphatic rings. The Morgan fingerprint density at radius 3 is 2.42 bits per heavy atom. The van der Waals surface area contributed by atoms with E-state index in [9.17, 15) is 9.18 Å². The second-order valence-corrected chi connectivity index (χ2v) is 11.6. The topological polar surface area (TPSA) is 59.4 Å². The highest BCUT2D eigenvalue weighted by Gasteiger charge is 2.26. The number of ether oxygens (including phenoxy) is 1. The zero-order valence-corrected chi connectivity index (χ0v) is 23.8. The Morgan fingerprint density at radius 1 is 1.05 bits per heavy atom. The predicted octanol–water partition coefficient (Wildman–Crippen LogP) is 7.39. The van der Waals surface area contributed by atoms with Crippen molar-refractivity contribution in [3.8, 4) is 17.0 Å². The fraction of sp³-hybridized carbons (Fsp3) is 0.312. The van der Waals surface area contributed by atoms with Crippen LogP contribution in [0.15, 0.2) is 79.0 Å². The summed E-state index contributed by atoms with van der Waals surface area (Å²) in [5.41, 5.74) is 3.00. The number of benzene rings is 3. The lowest BCUT2D eigenvalue weighted by Gasteiger charge is -2.32. The van der Waals surface area contributed by atoms with E-state index in [0.717, 1.165) is 42.8 Å². The van der Waals surface area contributed by atoms with Gasteiger partial charge in [0.1, 0.15) is 17.7 Å². The first-order chi connectivity index (χ1) is 19.2. The van der Waals surface area contributed by atoms with Crippen molar-refractivity contribution < 1.29 is 13.9 Å². The minimum atomic E-state index is -0.380. The van der Waals surface area contributed by atoms with Crippen LogP contribution in [0.3, 0.4) is 0 Å². The predicted molar refractivity (Wildman–Crippen MR) is 157 cm³/mol. The number of carbonyl (C=O) groups excluding carboxylic acids is 1. The van der Waals surface area contributed by atoms with Crippen molar-refractivity contribution in [2.45, 2.75) is 51.8 Å². The number of halogens is 2. The van der Waals surface area contributed by atoms with E-state index in [-0.39, 0.29) is 23.4 Å². The van der Waals surface area contributed by atoms with Gasteiger partial charge in [0.25, 0.3) is 5.91 Å². The molecule has 1 N–H and O–H groups in total. The van der Waals surface area contributed by atoms with Crippen LogP contribution in [-0.4, -0.2) is 39.8 Å². The van der Waals surface area contributed by atoms with E-state index in [2.05, 4.69) is 15.3 Å². The number of piperidine rings is 1. The Morgan fingerprint density at radius 2 is 1.75 bits per heavy atom. The zero-order valence-electron chi connectivity index (χ0n) is 23.0. The van der Waals surface area contributed by atoms with Gasteiger partial charge >= 0.3 is 0 Å². The summed E-state index contributed by atoms with van der Waals surface area (Å²) >= 11 is 6.57. The van der Waals surface area contributed by atoms with Gasteiger partial charge in [0, 0.05) is 35.9 Å². The highest BCUT2D eigenvalue weighted by molar-refractivity contribution is 6.31. The normalized spacial score (nSPS) is 14.7. The van der Waals surface area contributed by atoms with Gasteiger partial charge < -0.3 is 10.1 Å². The molecule has 4 aromatic rings. The Balaban J connectivity index is 1.28. The third-order valence-electron chi connectivity index (χ3n) is 7.05. The lowest BCUT2D eigenvalue weighted by Crippen LogP contribution is -2.37. The molecule has 1 aliphatic heterocycles. The maximum atomic E-state index is 13.6.